The summed E-state index contributed by atoms with van der Waals surface area (Å²) in [6.07, 6.45) is 1.97. The van der Waals surface area contributed by atoms with E-state index in [4.69, 9.17) is 0 Å². The number of rotatable bonds is 1. The standard InChI is InChI=1S/C17H15NO/c1-11-7-8-16-14(9-11)15(17(19)18-16)10-13-6-4-3-5-12(13)2/h3-10H,1-2H3,(H,18,19)/b15-10-. The van der Waals surface area contributed by atoms with Gasteiger partial charge in [-0.15, -0.1) is 0 Å². The first kappa shape index (κ1) is 11.7. The van der Waals surface area contributed by atoms with Crippen LogP contribution in [0.5, 0.6) is 0 Å². The van der Waals surface area contributed by atoms with Gasteiger partial charge < -0.3 is 5.32 Å². The minimum Gasteiger partial charge on any atom is -0.321 e. The molecule has 0 saturated carbocycles. The lowest BCUT2D eigenvalue weighted by Crippen LogP contribution is -2.03. The van der Waals surface area contributed by atoms with Crippen LogP contribution in [0, 0.1) is 13.8 Å². The van der Waals surface area contributed by atoms with Crippen molar-refractivity contribution in [1.29, 1.82) is 0 Å². The van der Waals surface area contributed by atoms with Gasteiger partial charge in [-0.3, -0.25) is 4.79 Å². The Morgan fingerprint density at radius 1 is 1.05 bits per heavy atom. The Morgan fingerprint density at radius 2 is 1.84 bits per heavy atom. The number of hydrogen-bond donors (Lipinski definition) is 1. The van der Waals surface area contributed by atoms with E-state index in [0.717, 1.165) is 28.0 Å². The lowest BCUT2D eigenvalue weighted by atomic mass is 10.0. The average Bonchev–Trinajstić information content (AvgIpc) is 2.69. The third-order valence-corrected chi connectivity index (χ3v) is 3.45. The van der Waals surface area contributed by atoms with E-state index in [-0.39, 0.29) is 5.91 Å². The van der Waals surface area contributed by atoms with E-state index in [0.29, 0.717) is 0 Å². The smallest absolute Gasteiger partial charge is 0.256 e. The van der Waals surface area contributed by atoms with Crippen molar-refractivity contribution in [2.24, 2.45) is 0 Å². The van der Waals surface area contributed by atoms with E-state index in [1.54, 1.807) is 0 Å². The molecule has 0 spiro atoms. The van der Waals surface area contributed by atoms with Gasteiger partial charge in [-0.2, -0.15) is 0 Å². The van der Waals surface area contributed by atoms with Gasteiger partial charge in [0.2, 0.25) is 0 Å². The highest BCUT2D eigenvalue weighted by molar-refractivity contribution is 6.35. The van der Waals surface area contributed by atoms with Crippen molar-refractivity contribution in [3.8, 4) is 0 Å². The number of nitrogens with one attached hydrogen (secondary N) is 1. The maximum Gasteiger partial charge on any atom is 0.256 e. The molecule has 2 aromatic carbocycles. The summed E-state index contributed by atoms with van der Waals surface area (Å²) in [5.74, 6) is -0.0242. The van der Waals surface area contributed by atoms with Gasteiger partial charge in [0.1, 0.15) is 0 Å². The molecule has 1 aliphatic heterocycles. The zero-order chi connectivity index (χ0) is 13.4. The van der Waals surface area contributed by atoms with Gasteiger partial charge in [0.05, 0.1) is 0 Å². The van der Waals surface area contributed by atoms with Crippen LogP contribution in [-0.2, 0) is 4.79 Å². The minimum absolute atomic E-state index is 0.0242. The van der Waals surface area contributed by atoms with Gasteiger partial charge in [-0.25, -0.2) is 0 Å². The van der Waals surface area contributed by atoms with E-state index in [1.807, 2.05) is 43.3 Å². The molecule has 0 aromatic heterocycles. The second kappa shape index (κ2) is 4.39. The van der Waals surface area contributed by atoms with Gasteiger partial charge in [-0.1, -0.05) is 35.9 Å². The van der Waals surface area contributed by atoms with E-state index in [9.17, 15) is 4.79 Å². The Bertz CT molecular complexity index is 698. The molecule has 3 rings (SSSR count). The van der Waals surface area contributed by atoms with Crippen molar-refractivity contribution < 1.29 is 4.79 Å². The molecule has 2 aromatic rings. The highest BCUT2D eigenvalue weighted by Crippen LogP contribution is 2.33. The Balaban J connectivity index is 2.14. The summed E-state index contributed by atoms with van der Waals surface area (Å²) >= 11 is 0. The predicted octanol–water partition coefficient (Wildman–Crippen LogP) is 3.80. The monoisotopic (exact) mass is 249 g/mol. The molecule has 0 unspecified atom stereocenters. The third-order valence-electron chi connectivity index (χ3n) is 3.45. The Labute approximate surface area is 112 Å². The first-order chi connectivity index (χ1) is 9.15. The number of carbonyl (C=O) groups is 1. The molecule has 1 N–H and O–H groups in total. The summed E-state index contributed by atoms with van der Waals surface area (Å²) in [6, 6.07) is 14.1. The molecule has 1 aliphatic rings. The fourth-order valence-corrected chi connectivity index (χ4v) is 2.35. The van der Waals surface area contributed by atoms with E-state index in [2.05, 4.69) is 24.4 Å². The predicted molar refractivity (Wildman–Crippen MR) is 78.9 cm³/mol. The first-order valence-electron chi connectivity index (χ1n) is 6.35. The van der Waals surface area contributed by atoms with Crippen LogP contribution in [0.25, 0.3) is 11.6 Å². The van der Waals surface area contributed by atoms with Crippen molar-refractivity contribution in [3.63, 3.8) is 0 Å². The second-order valence-electron chi connectivity index (χ2n) is 4.92. The molecule has 1 amide bonds. The van der Waals surface area contributed by atoms with E-state index in [1.165, 1.54) is 5.56 Å². The van der Waals surface area contributed by atoms with Gasteiger partial charge >= 0.3 is 0 Å². The molecule has 0 fully saturated rings. The SMILES string of the molecule is Cc1ccc2c(c1)/C(=C/c1ccccc1C)C(=O)N2. The number of benzene rings is 2. The number of fused-ring (bicyclic) bond motifs is 1. The summed E-state index contributed by atoms with van der Waals surface area (Å²) in [5.41, 5.74) is 6.05. The number of anilines is 1. The van der Waals surface area contributed by atoms with Gasteiger partial charge in [0.15, 0.2) is 0 Å². The molecular formula is C17H15NO. The van der Waals surface area contributed by atoms with Crippen molar-refractivity contribution in [2.75, 3.05) is 5.32 Å². The van der Waals surface area contributed by atoms with Crippen molar-refractivity contribution in [1.82, 2.24) is 0 Å². The summed E-state index contributed by atoms with van der Waals surface area (Å²) in [7, 11) is 0. The molecular weight excluding hydrogens is 234 g/mol. The number of hydrogen-bond acceptors (Lipinski definition) is 1. The molecule has 0 bridgehead atoms. The van der Waals surface area contributed by atoms with Crippen LogP contribution >= 0.6 is 0 Å². The summed E-state index contributed by atoms with van der Waals surface area (Å²) in [5, 5.41) is 2.91. The van der Waals surface area contributed by atoms with Crippen LogP contribution < -0.4 is 5.32 Å². The molecule has 0 saturated heterocycles. The number of carbonyl (C=O) groups excluding carboxylic acids is 1. The van der Waals surface area contributed by atoms with E-state index >= 15 is 0 Å². The molecule has 1 heterocycles. The maximum absolute atomic E-state index is 12.1. The zero-order valence-corrected chi connectivity index (χ0v) is 11.0. The fourth-order valence-electron chi connectivity index (χ4n) is 2.35. The molecule has 94 valence electrons. The van der Waals surface area contributed by atoms with Crippen LogP contribution in [0.2, 0.25) is 0 Å². The third kappa shape index (κ3) is 2.06. The topological polar surface area (TPSA) is 29.1 Å². The van der Waals surface area contributed by atoms with Crippen LogP contribution in [0.3, 0.4) is 0 Å². The Kier molecular flexibility index (Phi) is 2.71. The quantitative estimate of drug-likeness (QED) is 0.765. The molecule has 2 nitrogen and oxygen atoms in total. The van der Waals surface area contributed by atoms with Crippen LogP contribution in [0.1, 0.15) is 22.3 Å². The minimum atomic E-state index is -0.0242. The highest BCUT2D eigenvalue weighted by Gasteiger charge is 2.23. The lowest BCUT2D eigenvalue weighted by molar-refractivity contribution is -0.110. The average molecular weight is 249 g/mol. The molecule has 0 radical (unpaired) electrons. The molecule has 0 atom stereocenters. The van der Waals surface area contributed by atoms with Crippen molar-refractivity contribution >= 4 is 23.2 Å². The van der Waals surface area contributed by atoms with Gasteiger partial charge in [0, 0.05) is 16.8 Å². The maximum atomic E-state index is 12.1. The highest BCUT2D eigenvalue weighted by atomic mass is 16.2. The van der Waals surface area contributed by atoms with Gasteiger partial charge in [0.25, 0.3) is 5.91 Å². The van der Waals surface area contributed by atoms with Crippen molar-refractivity contribution in [2.45, 2.75) is 13.8 Å². The second-order valence-corrected chi connectivity index (χ2v) is 4.92. The zero-order valence-electron chi connectivity index (χ0n) is 11.0. The largest absolute Gasteiger partial charge is 0.321 e. The first-order valence-corrected chi connectivity index (χ1v) is 6.35. The normalized spacial score (nSPS) is 15.5. The number of aryl methyl sites for hydroxylation is 2. The molecule has 19 heavy (non-hydrogen) atoms. The number of amides is 1. The van der Waals surface area contributed by atoms with E-state index < -0.39 is 0 Å². The van der Waals surface area contributed by atoms with Crippen LogP contribution in [0.4, 0.5) is 5.69 Å². The Morgan fingerprint density at radius 3 is 2.63 bits per heavy atom. The van der Waals surface area contributed by atoms with Crippen molar-refractivity contribution in [3.05, 3.63) is 64.7 Å². The summed E-state index contributed by atoms with van der Waals surface area (Å²) in [4.78, 5) is 12.1. The summed E-state index contributed by atoms with van der Waals surface area (Å²) < 4.78 is 0. The fraction of sp³-hybridized carbons (Fsp3) is 0.118. The van der Waals surface area contributed by atoms with Gasteiger partial charge in [-0.05, 0) is 43.2 Å². The Hall–Kier alpha value is -2.35. The van der Waals surface area contributed by atoms with Crippen LogP contribution in [0.15, 0.2) is 42.5 Å². The van der Waals surface area contributed by atoms with Crippen LogP contribution in [-0.4, -0.2) is 5.91 Å². The lowest BCUT2D eigenvalue weighted by Gasteiger charge is -2.02. The summed E-state index contributed by atoms with van der Waals surface area (Å²) in [6.45, 7) is 4.09. The molecule has 2 heteroatoms. The molecule has 0 aliphatic carbocycles.